The molecule has 18 heavy (non-hydrogen) atoms. The topological polar surface area (TPSA) is 92.4 Å². The minimum atomic E-state index is -0.896. The van der Waals surface area contributed by atoms with Crippen molar-refractivity contribution in [3.63, 3.8) is 0 Å². The highest BCUT2D eigenvalue weighted by molar-refractivity contribution is 5.78. The maximum atomic E-state index is 11.2. The minimum absolute atomic E-state index is 0.274. The number of aromatic nitrogens is 4. The summed E-state index contributed by atoms with van der Waals surface area (Å²) in [4.78, 5) is 15.3. The van der Waals surface area contributed by atoms with Gasteiger partial charge in [-0.15, -0.1) is 10.2 Å². The van der Waals surface area contributed by atoms with E-state index in [0.717, 1.165) is 0 Å². The molecule has 0 aromatic carbocycles. The molecule has 7 heteroatoms. The molecule has 0 spiro atoms. The third kappa shape index (κ3) is 2.55. The van der Waals surface area contributed by atoms with Crippen molar-refractivity contribution < 1.29 is 9.90 Å². The predicted octanol–water partition coefficient (Wildman–Crippen LogP) is 1.04. The number of rotatable bonds is 5. The van der Waals surface area contributed by atoms with Crippen LogP contribution >= 0.6 is 0 Å². The largest absolute Gasteiger partial charge is 0.480 e. The van der Waals surface area contributed by atoms with Crippen LogP contribution in [-0.2, 0) is 4.79 Å². The van der Waals surface area contributed by atoms with Crippen molar-refractivity contribution in [2.75, 3.05) is 5.32 Å². The summed E-state index contributed by atoms with van der Waals surface area (Å²) < 4.78 is 1.68. The van der Waals surface area contributed by atoms with Crippen LogP contribution in [0.2, 0.25) is 0 Å². The highest BCUT2D eigenvalue weighted by Crippen LogP contribution is 2.14. The molecule has 2 heterocycles. The summed E-state index contributed by atoms with van der Waals surface area (Å²) in [6, 6.07) is -0.680. The molecule has 2 N–H and O–H groups in total. The van der Waals surface area contributed by atoms with Gasteiger partial charge in [-0.3, -0.25) is 4.40 Å². The van der Waals surface area contributed by atoms with Gasteiger partial charge in [-0.05, 0) is 12.3 Å². The van der Waals surface area contributed by atoms with Gasteiger partial charge >= 0.3 is 5.97 Å². The maximum absolute atomic E-state index is 11.2. The first-order valence-corrected chi connectivity index (χ1v) is 5.71. The predicted molar refractivity (Wildman–Crippen MR) is 65.3 cm³/mol. The highest BCUT2D eigenvalue weighted by Gasteiger charge is 2.20. The second kappa shape index (κ2) is 4.99. The zero-order valence-corrected chi connectivity index (χ0v) is 10.2. The third-order valence-corrected chi connectivity index (χ3v) is 2.53. The Bertz CT molecular complexity index is 551. The number of carbonyl (C=O) groups is 1. The van der Waals surface area contributed by atoms with Gasteiger partial charge in [0.15, 0.2) is 5.82 Å². The Morgan fingerprint density at radius 2 is 2.33 bits per heavy atom. The number of carboxylic acid groups (broad SMARTS) is 1. The molecule has 0 saturated carbocycles. The summed E-state index contributed by atoms with van der Waals surface area (Å²) in [5.74, 6) is -0.189. The van der Waals surface area contributed by atoms with E-state index in [1.807, 2.05) is 13.8 Å². The van der Waals surface area contributed by atoms with Crippen LogP contribution in [-0.4, -0.2) is 36.7 Å². The summed E-state index contributed by atoms with van der Waals surface area (Å²) in [7, 11) is 0. The maximum Gasteiger partial charge on any atom is 0.326 e. The summed E-state index contributed by atoms with van der Waals surface area (Å²) in [6.07, 6.45) is 5.35. The van der Waals surface area contributed by atoms with Gasteiger partial charge < -0.3 is 10.4 Å². The average Bonchev–Trinajstić information content (AvgIpc) is 2.76. The van der Waals surface area contributed by atoms with Crippen LogP contribution in [0.25, 0.3) is 5.65 Å². The lowest BCUT2D eigenvalue weighted by atomic mass is 10.0. The van der Waals surface area contributed by atoms with E-state index < -0.39 is 12.0 Å². The molecule has 2 rings (SSSR count). The number of aliphatic carboxylic acids is 1. The lowest BCUT2D eigenvalue weighted by molar-refractivity contribution is -0.138. The van der Waals surface area contributed by atoms with E-state index in [1.165, 1.54) is 0 Å². The van der Waals surface area contributed by atoms with Crippen LogP contribution in [0.4, 0.5) is 5.82 Å². The molecule has 0 aliphatic rings. The van der Waals surface area contributed by atoms with Gasteiger partial charge in [-0.2, -0.15) is 0 Å². The number of nitrogens with zero attached hydrogens (tertiary/aromatic N) is 4. The highest BCUT2D eigenvalue weighted by atomic mass is 16.4. The molecule has 0 amide bonds. The minimum Gasteiger partial charge on any atom is -0.480 e. The summed E-state index contributed by atoms with van der Waals surface area (Å²) in [5.41, 5.74) is 0.521. The molecule has 1 unspecified atom stereocenters. The van der Waals surface area contributed by atoms with E-state index in [-0.39, 0.29) is 5.92 Å². The smallest absolute Gasteiger partial charge is 0.326 e. The Balaban J connectivity index is 2.25. The van der Waals surface area contributed by atoms with Crippen molar-refractivity contribution >= 4 is 17.4 Å². The standard InChI is InChI=1S/C11H15N5O2/c1-7(2)5-8(11(17)18)14-9-10-15-13-6-16(10)4-3-12-9/h3-4,6-8H,5H2,1-2H3,(H,12,14)(H,17,18). The fourth-order valence-corrected chi connectivity index (χ4v) is 1.72. The molecule has 2 aromatic rings. The molecule has 0 radical (unpaired) electrons. The molecule has 0 bridgehead atoms. The molecule has 0 saturated heterocycles. The molecule has 96 valence electrons. The molecular formula is C11H15N5O2. The van der Waals surface area contributed by atoms with Crippen LogP contribution < -0.4 is 5.32 Å². The SMILES string of the molecule is CC(C)CC(Nc1nccn2cnnc12)C(=O)O. The van der Waals surface area contributed by atoms with Gasteiger partial charge in [-0.25, -0.2) is 9.78 Å². The Kier molecular flexibility index (Phi) is 3.40. The van der Waals surface area contributed by atoms with Gasteiger partial charge in [0.05, 0.1) is 0 Å². The van der Waals surface area contributed by atoms with Gasteiger partial charge in [0.25, 0.3) is 0 Å². The van der Waals surface area contributed by atoms with Crippen molar-refractivity contribution in [1.29, 1.82) is 0 Å². The number of hydrogen-bond donors (Lipinski definition) is 2. The number of fused-ring (bicyclic) bond motifs is 1. The van der Waals surface area contributed by atoms with Crippen molar-refractivity contribution in [3.05, 3.63) is 18.7 Å². The fraction of sp³-hybridized carbons (Fsp3) is 0.455. The van der Waals surface area contributed by atoms with Crippen LogP contribution in [0.5, 0.6) is 0 Å². The van der Waals surface area contributed by atoms with E-state index >= 15 is 0 Å². The van der Waals surface area contributed by atoms with Gasteiger partial charge in [0.1, 0.15) is 12.4 Å². The normalized spacial score (nSPS) is 12.8. The van der Waals surface area contributed by atoms with Gasteiger partial charge in [-0.1, -0.05) is 13.8 Å². The molecule has 0 fully saturated rings. The van der Waals surface area contributed by atoms with E-state index in [9.17, 15) is 9.90 Å². The van der Waals surface area contributed by atoms with E-state index in [2.05, 4.69) is 20.5 Å². The van der Waals surface area contributed by atoms with Gasteiger partial charge in [0, 0.05) is 12.4 Å². The van der Waals surface area contributed by atoms with Gasteiger partial charge in [0.2, 0.25) is 5.65 Å². The van der Waals surface area contributed by atoms with Crippen molar-refractivity contribution in [1.82, 2.24) is 19.6 Å². The van der Waals surface area contributed by atoms with Crippen LogP contribution in [0, 0.1) is 5.92 Å². The average molecular weight is 249 g/mol. The lowest BCUT2D eigenvalue weighted by Gasteiger charge is -2.16. The number of nitrogens with one attached hydrogen (secondary N) is 1. The summed E-state index contributed by atoms with van der Waals surface area (Å²) >= 11 is 0. The van der Waals surface area contributed by atoms with Crippen molar-refractivity contribution in [2.24, 2.45) is 5.92 Å². The van der Waals surface area contributed by atoms with Crippen LogP contribution in [0.3, 0.4) is 0 Å². The zero-order chi connectivity index (χ0) is 13.1. The summed E-state index contributed by atoms with van der Waals surface area (Å²) in [6.45, 7) is 3.95. The fourth-order valence-electron chi connectivity index (χ4n) is 1.72. The monoisotopic (exact) mass is 249 g/mol. The molecule has 0 aliphatic carbocycles. The summed E-state index contributed by atoms with van der Waals surface area (Å²) in [5, 5.41) is 19.7. The molecule has 7 nitrogen and oxygen atoms in total. The lowest BCUT2D eigenvalue weighted by Crippen LogP contribution is -2.31. The van der Waals surface area contributed by atoms with E-state index in [1.54, 1.807) is 23.1 Å². The first-order valence-electron chi connectivity index (χ1n) is 5.71. The van der Waals surface area contributed by atoms with E-state index in [4.69, 9.17) is 0 Å². The molecular weight excluding hydrogens is 234 g/mol. The number of anilines is 1. The Labute approximate surface area is 104 Å². The Hall–Kier alpha value is -2.18. The second-order valence-electron chi connectivity index (χ2n) is 4.50. The number of carboxylic acids is 1. The Morgan fingerprint density at radius 3 is 3.00 bits per heavy atom. The Morgan fingerprint density at radius 1 is 1.56 bits per heavy atom. The van der Waals surface area contributed by atoms with Crippen molar-refractivity contribution in [3.8, 4) is 0 Å². The van der Waals surface area contributed by atoms with Crippen LogP contribution in [0.15, 0.2) is 18.7 Å². The molecule has 0 aliphatic heterocycles. The first kappa shape index (κ1) is 12.3. The second-order valence-corrected chi connectivity index (χ2v) is 4.50. The third-order valence-electron chi connectivity index (χ3n) is 2.53. The molecule has 1 atom stereocenters. The van der Waals surface area contributed by atoms with Crippen LogP contribution in [0.1, 0.15) is 20.3 Å². The number of hydrogen-bond acceptors (Lipinski definition) is 5. The molecule has 2 aromatic heterocycles. The first-order chi connectivity index (χ1) is 8.58. The van der Waals surface area contributed by atoms with E-state index in [0.29, 0.717) is 17.9 Å². The van der Waals surface area contributed by atoms with Crippen molar-refractivity contribution in [2.45, 2.75) is 26.3 Å². The quantitative estimate of drug-likeness (QED) is 0.822. The zero-order valence-electron chi connectivity index (χ0n) is 10.2.